The summed E-state index contributed by atoms with van der Waals surface area (Å²) in [4.78, 5) is 28.8. The molecule has 0 radical (unpaired) electrons. The molecule has 1 aliphatic heterocycles. The molecular weight excluding hydrogens is 385 g/mol. The lowest BCUT2D eigenvalue weighted by Crippen LogP contribution is -2.53. The topological polar surface area (TPSA) is 74.5 Å². The monoisotopic (exact) mass is 405 g/mol. The molecule has 0 aliphatic carbocycles. The molecule has 2 aromatic heterocycles. The molecule has 1 fully saturated rings. The molecule has 1 N–H and O–H groups in total. The van der Waals surface area contributed by atoms with Gasteiger partial charge in [0, 0.05) is 38.3 Å². The van der Waals surface area contributed by atoms with Crippen LogP contribution in [0.15, 0.2) is 28.5 Å². The van der Waals surface area contributed by atoms with E-state index < -0.39 is 17.2 Å². The molecule has 7 nitrogen and oxygen atoms in total. The number of carboxylic acid groups (broad SMARTS) is 1. The summed E-state index contributed by atoms with van der Waals surface area (Å²) in [6.07, 6.45) is 1.70. The Morgan fingerprint density at radius 1 is 1.39 bits per heavy atom. The third kappa shape index (κ3) is 2.95. The summed E-state index contributed by atoms with van der Waals surface area (Å²) in [5.41, 5.74) is -0.0745. The molecule has 3 heterocycles. The summed E-state index contributed by atoms with van der Waals surface area (Å²) in [7, 11) is 3.66. The van der Waals surface area contributed by atoms with Crippen molar-refractivity contribution in [3.8, 4) is 0 Å². The van der Waals surface area contributed by atoms with Crippen LogP contribution < -0.4 is 10.3 Å². The summed E-state index contributed by atoms with van der Waals surface area (Å²) >= 11 is 1.18. The first-order valence-electron chi connectivity index (χ1n) is 8.85. The second-order valence-corrected chi connectivity index (χ2v) is 7.84. The number of pyridine rings is 1. The Labute approximate surface area is 164 Å². The quantitative estimate of drug-likeness (QED) is 0.717. The minimum atomic E-state index is -1.31. The van der Waals surface area contributed by atoms with Crippen molar-refractivity contribution in [3.63, 3.8) is 0 Å². The average molecular weight is 405 g/mol. The van der Waals surface area contributed by atoms with Gasteiger partial charge in [0.05, 0.1) is 29.2 Å². The SMILES string of the molecule is COCC1CN(c2cc3c(cc2F)c(=O)c(C(=O)O)c2sccn23)CCN1C. The molecule has 1 saturated heterocycles. The normalized spacial score (nSPS) is 18.2. The summed E-state index contributed by atoms with van der Waals surface area (Å²) in [6, 6.07) is 2.94. The van der Waals surface area contributed by atoms with E-state index in [4.69, 9.17) is 4.74 Å². The zero-order chi connectivity index (χ0) is 20.0. The minimum absolute atomic E-state index is 0.0668. The number of benzene rings is 1. The molecule has 0 bridgehead atoms. The van der Waals surface area contributed by atoms with Crippen LogP contribution in [0.5, 0.6) is 0 Å². The molecule has 9 heteroatoms. The van der Waals surface area contributed by atoms with Crippen LogP contribution in [-0.4, -0.2) is 66.8 Å². The number of thiazole rings is 1. The maximum atomic E-state index is 15.0. The number of rotatable bonds is 4. The number of hydrogen-bond donors (Lipinski definition) is 1. The molecular formula is C19H20FN3O4S. The molecule has 0 amide bonds. The highest BCUT2D eigenvalue weighted by molar-refractivity contribution is 7.16. The third-order valence-electron chi connectivity index (χ3n) is 5.31. The fourth-order valence-corrected chi connectivity index (χ4v) is 4.66. The smallest absolute Gasteiger partial charge is 0.342 e. The fourth-order valence-electron chi connectivity index (χ4n) is 3.78. The fraction of sp³-hybridized carbons (Fsp3) is 0.368. The molecule has 1 aromatic carbocycles. The van der Waals surface area contributed by atoms with Crippen molar-refractivity contribution >= 4 is 38.7 Å². The highest BCUT2D eigenvalue weighted by Gasteiger charge is 2.27. The molecule has 0 spiro atoms. The van der Waals surface area contributed by atoms with Gasteiger partial charge in [-0.25, -0.2) is 9.18 Å². The predicted molar refractivity (Wildman–Crippen MR) is 106 cm³/mol. The van der Waals surface area contributed by atoms with Gasteiger partial charge >= 0.3 is 5.97 Å². The maximum absolute atomic E-state index is 15.0. The van der Waals surface area contributed by atoms with Gasteiger partial charge in [0.2, 0.25) is 5.43 Å². The van der Waals surface area contributed by atoms with Crippen LogP contribution in [0.25, 0.3) is 15.7 Å². The number of ether oxygens (including phenoxy) is 1. The van der Waals surface area contributed by atoms with Gasteiger partial charge in [-0.15, -0.1) is 11.3 Å². The Balaban J connectivity index is 1.88. The van der Waals surface area contributed by atoms with E-state index in [0.29, 0.717) is 35.7 Å². The van der Waals surface area contributed by atoms with E-state index in [-0.39, 0.29) is 17.0 Å². The van der Waals surface area contributed by atoms with Gasteiger partial charge in [-0.1, -0.05) is 0 Å². The number of aromatic nitrogens is 1. The molecule has 28 heavy (non-hydrogen) atoms. The predicted octanol–water partition coefficient (Wildman–Crippen LogP) is 2.12. The van der Waals surface area contributed by atoms with E-state index in [2.05, 4.69) is 4.90 Å². The number of nitrogens with zero attached hydrogens (tertiary/aromatic N) is 3. The van der Waals surface area contributed by atoms with Crippen molar-refractivity contribution < 1.29 is 19.0 Å². The van der Waals surface area contributed by atoms with E-state index in [9.17, 15) is 19.1 Å². The molecule has 148 valence electrons. The summed E-state index contributed by atoms with van der Waals surface area (Å²) in [5.74, 6) is -1.84. The molecule has 0 saturated carbocycles. The Morgan fingerprint density at radius 2 is 2.18 bits per heavy atom. The van der Waals surface area contributed by atoms with Crippen LogP contribution >= 0.6 is 11.3 Å². The second kappa shape index (κ2) is 7.16. The second-order valence-electron chi connectivity index (χ2n) is 6.94. The molecule has 1 aliphatic rings. The lowest BCUT2D eigenvalue weighted by Gasteiger charge is -2.40. The van der Waals surface area contributed by atoms with Crippen LogP contribution in [0.4, 0.5) is 10.1 Å². The van der Waals surface area contributed by atoms with Crippen molar-refractivity contribution in [2.24, 2.45) is 0 Å². The number of methoxy groups -OCH3 is 1. The van der Waals surface area contributed by atoms with Gasteiger partial charge in [0.15, 0.2) is 0 Å². The Hall–Kier alpha value is -2.49. The van der Waals surface area contributed by atoms with Crippen molar-refractivity contribution in [2.45, 2.75) is 6.04 Å². The van der Waals surface area contributed by atoms with Crippen LogP contribution in [0.2, 0.25) is 0 Å². The number of carboxylic acids is 1. The number of aromatic carboxylic acids is 1. The average Bonchev–Trinajstić information content (AvgIpc) is 3.13. The van der Waals surface area contributed by atoms with Gasteiger partial charge < -0.3 is 19.1 Å². The number of halogens is 1. The van der Waals surface area contributed by atoms with Crippen molar-refractivity contribution in [2.75, 3.05) is 45.3 Å². The number of hydrogen-bond acceptors (Lipinski definition) is 6. The summed E-state index contributed by atoms with van der Waals surface area (Å²) in [5, 5.41) is 11.2. The van der Waals surface area contributed by atoms with Gasteiger partial charge in [0.1, 0.15) is 16.2 Å². The van der Waals surface area contributed by atoms with Crippen LogP contribution in [0.1, 0.15) is 10.4 Å². The lowest BCUT2D eigenvalue weighted by molar-refractivity contribution is 0.0697. The lowest BCUT2D eigenvalue weighted by atomic mass is 10.1. The van der Waals surface area contributed by atoms with Crippen LogP contribution in [0, 0.1) is 5.82 Å². The van der Waals surface area contributed by atoms with Gasteiger partial charge in [-0.05, 0) is 19.2 Å². The number of fused-ring (bicyclic) bond motifs is 3. The van der Waals surface area contributed by atoms with Gasteiger partial charge in [0.25, 0.3) is 0 Å². The van der Waals surface area contributed by atoms with Crippen molar-refractivity contribution in [3.05, 3.63) is 45.3 Å². The molecule has 1 unspecified atom stereocenters. The van der Waals surface area contributed by atoms with E-state index >= 15 is 0 Å². The Kier molecular flexibility index (Phi) is 4.82. The van der Waals surface area contributed by atoms with E-state index in [1.807, 2.05) is 11.9 Å². The highest BCUT2D eigenvalue weighted by atomic mass is 32.1. The first kappa shape index (κ1) is 18.9. The zero-order valence-electron chi connectivity index (χ0n) is 15.5. The standard InChI is InChI=1S/C19H20FN3O4S/c1-21-3-4-22(9-11(21)10-27-2)15-8-14-12(7-13(15)20)17(24)16(19(25)26)18-23(14)5-6-28-18/h5-8,11H,3-4,9-10H2,1-2H3,(H,25,26). The van der Waals surface area contributed by atoms with Gasteiger partial charge in [-0.3, -0.25) is 9.69 Å². The van der Waals surface area contributed by atoms with E-state index in [1.54, 1.807) is 29.2 Å². The van der Waals surface area contributed by atoms with E-state index in [0.717, 1.165) is 12.6 Å². The van der Waals surface area contributed by atoms with Crippen LogP contribution in [-0.2, 0) is 4.74 Å². The number of piperazine rings is 1. The number of carbonyl (C=O) groups is 1. The Morgan fingerprint density at radius 3 is 2.89 bits per heavy atom. The van der Waals surface area contributed by atoms with E-state index in [1.165, 1.54) is 11.3 Å². The van der Waals surface area contributed by atoms with Crippen molar-refractivity contribution in [1.82, 2.24) is 9.30 Å². The Bertz CT molecular complexity index is 1130. The summed E-state index contributed by atoms with van der Waals surface area (Å²) in [6.45, 7) is 2.55. The molecule has 1 atom stereocenters. The number of likely N-dealkylation sites (N-methyl/N-ethyl adjacent to an activating group) is 1. The maximum Gasteiger partial charge on any atom is 0.342 e. The van der Waals surface area contributed by atoms with Gasteiger partial charge in [-0.2, -0.15) is 0 Å². The first-order chi connectivity index (χ1) is 13.4. The molecule has 4 rings (SSSR count). The first-order valence-corrected chi connectivity index (χ1v) is 9.72. The van der Waals surface area contributed by atoms with Crippen molar-refractivity contribution in [1.29, 1.82) is 0 Å². The highest BCUT2D eigenvalue weighted by Crippen LogP contribution is 2.29. The minimum Gasteiger partial charge on any atom is -0.477 e. The van der Waals surface area contributed by atoms with Crippen LogP contribution in [0.3, 0.4) is 0 Å². The zero-order valence-corrected chi connectivity index (χ0v) is 16.3. The molecule has 3 aromatic rings. The number of anilines is 1. The largest absolute Gasteiger partial charge is 0.477 e. The third-order valence-corrected chi connectivity index (χ3v) is 6.19. The summed E-state index contributed by atoms with van der Waals surface area (Å²) < 4.78 is 21.9.